The molecule has 0 fully saturated rings. The van der Waals surface area contributed by atoms with Gasteiger partial charge in [-0.1, -0.05) is 37.3 Å². The molecule has 0 aliphatic heterocycles. The molecule has 0 heterocycles. The van der Waals surface area contributed by atoms with Crippen molar-refractivity contribution in [1.29, 1.82) is 0 Å². The van der Waals surface area contributed by atoms with Crippen LogP contribution in [0.15, 0.2) is 61.2 Å². The van der Waals surface area contributed by atoms with Gasteiger partial charge in [0.2, 0.25) is 10.0 Å². The highest BCUT2D eigenvalue weighted by Gasteiger charge is 2.38. The normalized spacial score (nSPS) is 13.3. The Kier molecular flexibility index (Phi) is 10.8. The number of methoxy groups -OCH3 is 2. The molecule has 2 rings (SSSR count). The van der Waals surface area contributed by atoms with Crippen molar-refractivity contribution in [3.8, 4) is 11.5 Å². The van der Waals surface area contributed by atoms with Crippen LogP contribution < -0.4 is 9.47 Å². The Morgan fingerprint density at radius 1 is 0.914 bits per heavy atom. The van der Waals surface area contributed by atoms with E-state index < -0.39 is 21.2 Å². The summed E-state index contributed by atoms with van der Waals surface area (Å²) in [6.45, 7) is 9.37. The van der Waals surface area contributed by atoms with Gasteiger partial charge in [0.25, 0.3) is 0 Å². The van der Waals surface area contributed by atoms with Crippen LogP contribution >= 0.6 is 0 Å². The lowest BCUT2D eigenvalue weighted by molar-refractivity contribution is -0.147. The summed E-state index contributed by atoms with van der Waals surface area (Å²) in [4.78, 5) is 12.5. The minimum absolute atomic E-state index is 0.148. The van der Waals surface area contributed by atoms with Crippen LogP contribution in [0.5, 0.6) is 11.5 Å². The van der Waals surface area contributed by atoms with Gasteiger partial charge in [-0.2, -0.15) is 4.31 Å². The quantitative estimate of drug-likeness (QED) is 0.268. The first-order valence-corrected chi connectivity index (χ1v) is 13.2. The first kappa shape index (κ1) is 28.4. The summed E-state index contributed by atoms with van der Waals surface area (Å²) in [6.07, 6.45) is 1.59. The number of nitrogens with zero attached hydrogens (tertiary/aromatic N) is 1. The molecule has 0 unspecified atom stereocenters. The Bertz CT molecular complexity index is 999. The molecule has 0 N–H and O–H groups in total. The molecular weight excluding hydrogens is 466 g/mol. The number of rotatable bonds is 14. The van der Waals surface area contributed by atoms with Crippen LogP contribution in [0.25, 0.3) is 0 Å². The van der Waals surface area contributed by atoms with E-state index >= 15 is 0 Å². The maximum absolute atomic E-state index is 14.1. The molecule has 7 nitrogen and oxygen atoms in total. The van der Waals surface area contributed by atoms with Crippen LogP contribution in [0, 0.1) is 5.92 Å². The molecule has 0 amide bonds. The van der Waals surface area contributed by atoms with Crippen LogP contribution in [0.3, 0.4) is 0 Å². The Morgan fingerprint density at radius 2 is 1.37 bits per heavy atom. The van der Waals surface area contributed by atoms with Gasteiger partial charge in [0.1, 0.15) is 11.5 Å². The van der Waals surface area contributed by atoms with E-state index in [-0.39, 0.29) is 31.5 Å². The average molecular weight is 504 g/mol. The lowest BCUT2D eigenvalue weighted by atomic mass is 10.0. The minimum atomic E-state index is -3.92. The molecule has 2 aromatic rings. The van der Waals surface area contributed by atoms with E-state index in [1.807, 2.05) is 31.2 Å². The van der Waals surface area contributed by atoms with Crippen molar-refractivity contribution in [2.45, 2.75) is 58.1 Å². The maximum atomic E-state index is 14.1. The third kappa shape index (κ3) is 8.40. The zero-order chi connectivity index (χ0) is 26.0. The monoisotopic (exact) mass is 503 g/mol. The van der Waals surface area contributed by atoms with E-state index in [1.165, 1.54) is 4.31 Å². The smallest absolute Gasteiger partial charge is 0.307 e. The average Bonchev–Trinajstić information content (AvgIpc) is 2.82. The molecule has 2 atom stereocenters. The number of ether oxygens (including phenoxy) is 3. The number of sulfonamides is 1. The largest absolute Gasteiger partial charge is 0.497 e. The number of esters is 1. The molecule has 0 aromatic heterocycles. The van der Waals surface area contributed by atoms with Gasteiger partial charge in [-0.25, -0.2) is 8.42 Å². The Hall–Kier alpha value is -2.84. The SMILES string of the molecule is C=CC[C@H](C)[C@@H](CC(=O)OC(C)C)S(=O)(=O)N(Cc1ccc(OC)cc1)Cc1ccc(OC)cc1. The summed E-state index contributed by atoms with van der Waals surface area (Å²) in [5.41, 5.74) is 1.62. The molecule has 0 saturated carbocycles. The summed E-state index contributed by atoms with van der Waals surface area (Å²) in [6, 6.07) is 14.5. The fraction of sp³-hybridized carbons (Fsp3) is 0.444. The van der Waals surface area contributed by atoms with Gasteiger partial charge in [0.15, 0.2) is 0 Å². The van der Waals surface area contributed by atoms with Gasteiger partial charge in [0, 0.05) is 13.1 Å². The second kappa shape index (κ2) is 13.3. The van der Waals surface area contributed by atoms with Gasteiger partial charge >= 0.3 is 5.97 Å². The van der Waals surface area contributed by atoms with Gasteiger partial charge in [-0.05, 0) is 61.6 Å². The number of allylic oxidation sites excluding steroid dienone is 1. The highest BCUT2D eigenvalue weighted by atomic mass is 32.2. The summed E-state index contributed by atoms with van der Waals surface area (Å²) in [7, 11) is -0.760. The number of carbonyl (C=O) groups excluding carboxylic acids is 1. The van der Waals surface area contributed by atoms with Gasteiger partial charge < -0.3 is 14.2 Å². The molecule has 0 bridgehead atoms. The van der Waals surface area contributed by atoms with Gasteiger partial charge in [0.05, 0.1) is 32.0 Å². The molecule has 8 heteroatoms. The zero-order valence-electron chi connectivity index (χ0n) is 21.3. The topological polar surface area (TPSA) is 82.1 Å². The minimum Gasteiger partial charge on any atom is -0.497 e. The van der Waals surface area contributed by atoms with Gasteiger partial charge in [-0.15, -0.1) is 6.58 Å². The zero-order valence-corrected chi connectivity index (χ0v) is 22.1. The lowest BCUT2D eigenvalue weighted by Gasteiger charge is -2.30. The number of hydrogen-bond donors (Lipinski definition) is 0. The fourth-order valence-electron chi connectivity index (χ4n) is 3.79. The predicted molar refractivity (Wildman–Crippen MR) is 138 cm³/mol. The second-order valence-corrected chi connectivity index (χ2v) is 10.9. The van der Waals surface area contributed by atoms with Crippen LogP contribution in [0.1, 0.15) is 44.7 Å². The Morgan fingerprint density at radius 3 is 1.74 bits per heavy atom. The Labute approximate surface area is 209 Å². The maximum Gasteiger partial charge on any atom is 0.307 e. The van der Waals surface area contributed by atoms with Crippen LogP contribution in [0.4, 0.5) is 0 Å². The summed E-state index contributed by atoms with van der Waals surface area (Å²) < 4.78 is 45.3. The predicted octanol–water partition coefficient (Wildman–Crippen LogP) is 4.96. The second-order valence-electron chi connectivity index (χ2n) is 8.79. The van der Waals surface area contributed by atoms with E-state index in [9.17, 15) is 13.2 Å². The molecule has 35 heavy (non-hydrogen) atoms. The van der Waals surface area contributed by atoms with Crippen molar-refractivity contribution >= 4 is 16.0 Å². The molecule has 0 aliphatic rings. The van der Waals surface area contributed by atoms with Crippen LogP contribution in [0.2, 0.25) is 0 Å². The van der Waals surface area contributed by atoms with Crippen molar-refractivity contribution in [3.63, 3.8) is 0 Å². The highest BCUT2D eigenvalue weighted by Crippen LogP contribution is 2.28. The number of carbonyl (C=O) groups is 1. The Balaban J connectivity index is 2.45. The standard InChI is InChI=1S/C27H37NO6S/c1-7-8-21(4)26(17-27(29)34-20(2)3)35(30,31)28(18-22-9-13-24(32-5)14-10-22)19-23-11-15-25(33-6)16-12-23/h7,9-16,20-21,26H,1,8,17-19H2,2-6H3/t21-,26+/m0/s1. The molecule has 0 saturated heterocycles. The molecule has 2 aromatic carbocycles. The third-order valence-corrected chi connectivity index (χ3v) is 8.06. The number of hydrogen-bond acceptors (Lipinski definition) is 6. The van der Waals surface area contributed by atoms with E-state index in [4.69, 9.17) is 14.2 Å². The summed E-state index contributed by atoms with van der Waals surface area (Å²) in [5, 5.41) is -0.955. The van der Waals surface area contributed by atoms with E-state index in [1.54, 1.807) is 58.4 Å². The third-order valence-electron chi connectivity index (χ3n) is 5.69. The first-order valence-electron chi connectivity index (χ1n) is 11.7. The van der Waals surface area contributed by atoms with Crippen molar-refractivity contribution < 1.29 is 27.4 Å². The molecule has 0 spiro atoms. The van der Waals surface area contributed by atoms with Crippen molar-refractivity contribution in [2.24, 2.45) is 5.92 Å². The van der Waals surface area contributed by atoms with Crippen LogP contribution in [-0.4, -0.2) is 44.3 Å². The first-order chi connectivity index (χ1) is 16.6. The van der Waals surface area contributed by atoms with Crippen molar-refractivity contribution in [2.75, 3.05) is 14.2 Å². The van der Waals surface area contributed by atoms with Crippen LogP contribution in [-0.2, 0) is 32.6 Å². The number of benzene rings is 2. The molecular formula is C27H37NO6S. The molecule has 0 aliphatic carbocycles. The van der Waals surface area contributed by atoms with E-state index in [0.717, 1.165) is 11.1 Å². The fourth-order valence-corrected chi connectivity index (χ4v) is 5.87. The highest BCUT2D eigenvalue weighted by molar-refractivity contribution is 7.89. The van der Waals surface area contributed by atoms with Crippen molar-refractivity contribution in [1.82, 2.24) is 4.31 Å². The summed E-state index contributed by atoms with van der Waals surface area (Å²) in [5.74, 6) is 0.518. The van der Waals surface area contributed by atoms with Crippen molar-refractivity contribution in [3.05, 3.63) is 72.3 Å². The van der Waals surface area contributed by atoms with E-state index in [0.29, 0.717) is 17.9 Å². The summed E-state index contributed by atoms with van der Waals surface area (Å²) >= 11 is 0. The van der Waals surface area contributed by atoms with E-state index in [2.05, 4.69) is 6.58 Å². The lowest BCUT2D eigenvalue weighted by Crippen LogP contribution is -2.42. The molecule has 192 valence electrons. The van der Waals surface area contributed by atoms with Gasteiger partial charge in [-0.3, -0.25) is 4.79 Å². The molecule has 0 radical (unpaired) electrons.